The number of thiophene rings is 1. The van der Waals surface area contributed by atoms with E-state index in [-0.39, 0.29) is 5.78 Å². The summed E-state index contributed by atoms with van der Waals surface area (Å²) in [6.45, 7) is 1.14. The molecule has 0 atom stereocenters. The van der Waals surface area contributed by atoms with Crippen molar-refractivity contribution in [1.29, 1.82) is 0 Å². The summed E-state index contributed by atoms with van der Waals surface area (Å²) in [4.78, 5) is 14.7. The maximum Gasteiger partial charge on any atom is 0.186 e. The molecule has 1 aromatic heterocycles. The predicted molar refractivity (Wildman–Crippen MR) is 76.4 cm³/mol. The quantitative estimate of drug-likeness (QED) is 0.778. The Morgan fingerprint density at radius 3 is 2.83 bits per heavy atom. The minimum absolute atomic E-state index is 0.162. The Kier molecular flexibility index (Phi) is 4.53. The summed E-state index contributed by atoms with van der Waals surface area (Å²) in [5.41, 5.74) is 1.11. The van der Waals surface area contributed by atoms with E-state index in [1.807, 2.05) is 53.7 Å². The van der Waals surface area contributed by atoms with Gasteiger partial charge in [0.05, 0.1) is 11.4 Å². The van der Waals surface area contributed by atoms with E-state index in [4.69, 9.17) is 11.6 Å². The number of carbonyl (C=O) groups is 1. The minimum Gasteiger partial charge on any atom is -0.295 e. The van der Waals surface area contributed by atoms with Gasteiger partial charge in [-0.2, -0.15) is 0 Å². The van der Waals surface area contributed by atoms with E-state index >= 15 is 0 Å². The fraction of sp³-hybridized carbons (Fsp3) is 0.214. The zero-order chi connectivity index (χ0) is 13.0. The van der Waals surface area contributed by atoms with Crippen LogP contribution in [0.15, 0.2) is 41.8 Å². The Morgan fingerprint density at radius 2 is 2.17 bits per heavy atom. The lowest BCUT2D eigenvalue weighted by Gasteiger charge is -2.15. The van der Waals surface area contributed by atoms with Crippen molar-refractivity contribution >= 4 is 28.7 Å². The lowest BCUT2D eigenvalue weighted by Crippen LogP contribution is -2.25. The number of carbonyl (C=O) groups excluding carboxylic acids is 1. The predicted octanol–water partition coefficient (Wildman–Crippen LogP) is 3.72. The molecule has 0 aliphatic heterocycles. The smallest absolute Gasteiger partial charge is 0.186 e. The van der Waals surface area contributed by atoms with Crippen LogP contribution in [0.25, 0.3) is 0 Å². The highest BCUT2D eigenvalue weighted by atomic mass is 35.5. The van der Waals surface area contributed by atoms with Gasteiger partial charge in [-0.15, -0.1) is 11.3 Å². The molecular weight excluding hydrogens is 266 g/mol. The van der Waals surface area contributed by atoms with Gasteiger partial charge in [-0.25, -0.2) is 0 Å². The lowest BCUT2D eigenvalue weighted by molar-refractivity contribution is 0.0947. The molecular formula is C14H14ClNOS. The molecule has 0 spiro atoms. The van der Waals surface area contributed by atoms with Crippen LogP contribution in [0.1, 0.15) is 15.2 Å². The van der Waals surface area contributed by atoms with Crippen molar-refractivity contribution < 1.29 is 4.79 Å². The van der Waals surface area contributed by atoms with Crippen LogP contribution in [0, 0.1) is 0 Å². The molecule has 0 unspecified atom stereocenters. The molecule has 1 aromatic carbocycles. The molecule has 0 bridgehead atoms. The van der Waals surface area contributed by atoms with E-state index in [0.29, 0.717) is 6.54 Å². The van der Waals surface area contributed by atoms with Crippen LogP contribution in [0.4, 0.5) is 0 Å². The Labute approximate surface area is 116 Å². The van der Waals surface area contributed by atoms with Gasteiger partial charge in [-0.3, -0.25) is 9.69 Å². The number of likely N-dealkylation sites (N-methyl/N-ethyl adjacent to an activating group) is 1. The molecule has 2 aromatic rings. The van der Waals surface area contributed by atoms with Gasteiger partial charge in [0.2, 0.25) is 0 Å². The average Bonchev–Trinajstić information content (AvgIpc) is 2.81. The van der Waals surface area contributed by atoms with Gasteiger partial charge >= 0.3 is 0 Å². The second-order valence-corrected chi connectivity index (χ2v) is 5.59. The number of hydrogen-bond acceptors (Lipinski definition) is 3. The third-order valence-electron chi connectivity index (χ3n) is 2.55. The Balaban J connectivity index is 1.93. The molecule has 1 heterocycles. The summed E-state index contributed by atoms with van der Waals surface area (Å²) in [5.74, 6) is 0.162. The van der Waals surface area contributed by atoms with Gasteiger partial charge in [0, 0.05) is 11.6 Å². The van der Waals surface area contributed by atoms with Gasteiger partial charge in [-0.1, -0.05) is 29.8 Å². The number of Topliss-reactive ketones (excluding diaryl/α,β-unsaturated/α-hetero) is 1. The van der Waals surface area contributed by atoms with Crippen LogP contribution in [-0.2, 0) is 6.54 Å². The van der Waals surface area contributed by atoms with E-state index < -0.39 is 0 Å². The zero-order valence-corrected chi connectivity index (χ0v) is 11.7. The number of nitrogens with zero attached hydrogens (tertiary/aromatic N) is 1. The molecule has 18 heavy (non-hydrogen) atoms. The van der Waals surface area contributed by atoms with Crippen LogP contribution in [-0.4, -0.2) is 24.3 Å². The third kappa shape index (κ3) is 3.67. The molecule has 0 aliphatic rings. The molecule has 94 valence electrons. The number of hydrogen-bond donors (Lipinski definition) is 0. The zero-order valence-electron chi connectivity index (χ0n) is 10.1. The van der Waals surface area contributed by atoms with Crippen molar-refractivity contribution in [1.82, 2.24) is 4.90 Å². The summed E-state index contributed by atoms with van der Waals surface area (Å²) in [6.07, 6.45) is 0. The van der Waals surface area contributed by atoms with Crippen molar-refractivity contribution in [3.8, 4) is 0 Å². The summed E-state index contributed by atoms with van der Waals surface area (Å²) >= 11 is 7.42. The van der Waals surface area contributed by atoms with Gasteiger partial charge in [0.1, 0.15) is 0 Å². The topological polar surface area (TPSA) is 20.3 Å². The fourth-order valence-corrected chi connectivity index (χ4v) is 2.63. The Hall–Kier alpha value is -1.16. The first kappa shape index (κ1) is 13.3. The second-order valence-electron chi connectivity index (χ2n) is 4.20. The number of rotatable bonds is 5. The standard InChI is InChI=1S/C14H14ClNOS/c1-16(9-11-4-2-5-12(15)8-11)10-13(17)14-6-3-7-18-14/h2-8H,9-10H2,1H3. The second kappa shape index (κ2) is 6.14. The van der Waals surface area contributed by atoms with Crippen molar-refractivity contribution in [2.45, 2.75) is 6.54 Å². The number of ketones is 1. The van der Waals surface area contributed by atoms with E-state index in [2.05, 4.69) is 0 Å². The van der Waals surface area contributed by atoms with Crippen LogP contribution in [0.2, 0.25) is 5.02 Å². The highest BCUT2D eigenvalue weighted by Gasteiger charge is 2.10. The Morgan fingerprint density at radius 1 is 1.33 bits per heavy atom. The van der Waals surface area contributed by atoms with Crippen LogP contribution >= 0.6 is 22.9 Å². The van der Waals surface area contributed by atoms with Crippen LogP contribution < -0.4 is 0 Å². The average molecular weight is 280 g/mol. The van der Waals surface area contributed by atoms with Crippen molar-refractivity contribution in [3.63, 3.8) is 0 Å². The molecule has 0 amide bonds. The largest absolute Gasteiger partial charge is 0.295 e. The minimum atomic E-state index is 0.162. The van der Waals surface area contributed by atoms with Crippen molar-refractivity contribution in [2.24, 2.45) is 0 Å². The fourth-order valence-electron chi connectivity index (χ4n) is 1.76. The summed E-state index contributed by atoms with van der Waals surface area (Å²) in [6, 6.07) is 11.5. The summed E-state index contributed by atoms with van der Waals surface area (Å²) in [5, 5.41) is 2.65. The molecule has 0 fully saturated rings. The van der Waals surface area contributed by atoms with Crippen molar-refractivity contribution in [2.75, 3.05) is 13.6 Å². The molecule has 0 N–H and O–H groups in total. The molecule has 0 saturated heterocycles. The van der Waals surface area contributed by atoms with E-state index in [1.165, 1.54) is 11.3 Å². The summed E-state index contributed by atoms with van der Waals surface area (Å²) in [7, 11) is 1.94. The third-order valence-corrected chi connectivity index (χ3v) is 3.70. The highest BCUT2D eigenvalue weighted by Crippen LogP contribution is 2.13. The van der Waals surface area contributed by atoms with Gasteiger partial charge < -0.3 is 0 Å². The molecule has 2 nitrogen and oxygen atoms in total. The van der Waals surface area contributed by atoms with Gasteiger partial charge in [-0.05, 0) is 36.2 Å². The molecule has 4 heteroatoms. The van der Waals surface area contributed by atoms with E-state index in [0.717, 1.165) is 22.0 Å². The molecule has 0 radical (unpaired) electrons. The first-order chi connectivity index (χ1) is 8.65. The lowest BCUT2D eigenvalue weighted by atomic mass is 10.2. The molecule has 0 saturated carbocycles. The number of halogens is 1. The maximum atomic E-state index is 11.9. The van der Waals surface area contributed by atoms with Crippen LogP contribution in [0.5, 0.6) is 0 Å². The van der Waals surface area contributed by atoms with Gasteiger partial charge in [0.15, 0.2) is 5.78 Å². The van der Waals surface area contributed by atoms with Crippen LogP contribution in [0.3, 0.4) is 0 Å². The number of benzene rings is 1. The van der Waals surface area contributed by atoms with Crippen molar-refractivity contribution in [3.05, 3.63) is 57.2 Å². The Bertz CT molecular complexity index is 524. The first-order valence-corrected chi connectivity index (χ1v) is 6.90. The maximum absolute atomic E-state index is 11.9. The first-order valence-electron chi connectivity index (χ1n) is 5.65. The summed E-state index contributed by atoms with van der Waals surface area (Å²) < 4.78 is 0. The SMILES string of the molecule is CN(CC(=O)c1cccs1)Cc1cccc(Cl)c1. The normalized spacial score (nSPS) is 10.8. The van der Waals surface area contributed by atoms with E-state index in [1.54, 1.807) is 0 Å². The van der Waals surface area contributed by atoms with Gasteiger partial charge in [0.25, 0.3) is 0 Å². The molecule has 0 aliphatic carbocycles. The monoisotopic (exact) mass is 279 g/mol. The van der Waals surface area contributed by atoms with E-state index in [9.17, 15) is 4.79 Å². The highest BCUT2D eigenvalue weighted by molar-refractivity contribution is 7.12. The molecule has 2 rings (SSSR count).